The number of unbranched alkanes of at least 4 members (excludes halogenated alkanes) is 13. The fourth-order valence-corrected chi connectivity index (χ4v) is 6.63. The number of hydrogen-bond acceptors (Lipinski definition) is 3. The van der Waals surface area contributed by atoms with Gasteiger partial charge in [0.05, 0.1) is 6.61 Å². The third-order valence-corrected chi connectivity index (χ3v) is 9.23. The Morgan fingerprint density at radius 2 is 1.18 bits per heavy atom. The highest BCUT2D eigenvalue weighted by Crippen LogP contribution is 2.40. The average molecular weight is 609 g/mol. The third kappa shape index (κ3) is 9.73. The van der Waals surface area contributed by atoms with E-state index in [1.54, 1.807) is 0 Å². The van der Waals surface area contributed by atoms with E-state index >= 15 is 0 Å². The van der Waals surface area contributed by atoms with Crippen molar-refractivity contribution in [2.45, 2.75) is 103 Å². The first-order valence-electron chi connectivity index (χ1n) is 17.6. The van der Waals surface area contributed by atoms with Gasteiger partial charge >= 0.3 is 5.97 Å². The van der Waals surface area contributed by atoms with E-state index in [9.17, 15) is 4.79 Å². The lowest BCUT2D eigenvalue weighted by Gasteiger charge is -2.21. The first-order chi connectivity index (χ1) is 22.0. The van der Waals surface area contributed by atoms with Crippen molar-refractivity contribution < 1.29 is 9.53 Å². The van der Waals surface area contributed by atoms with E-state index in [2.05, 4.69) is 92.6 Å². The normalized spacial score (nSPS) is 12.0. The van der Waals surface area contributed by atoms with E-state index in [4.69, 9.17) is 4.74 Å². The molecule has 45 heavy (non-hydrogen) atoms. The van der Waals surface area contributed by atoms with Gasteiger partial charge in [-0.25, -0.2) is 4.79 Å². The van der Waals surface area contributed by atoms with E-state index in [1.807, 2.05) is 23.7 Å². The second kappa shape index (κ2) is 18.4. The molecule has 1 atom stereocenters. The molecular weight excluding hydrogens is 552 g/mol. The van der Waals surface area contributed by atoms with Gasteiger partial charge in [0.25, 0.3) is 0 Å². The number of fused-ring (bicyclic) bond motifs is 1. The summed E-state index contributed by atoms with van der Waals surface area (Å²) in [5.74, 6) is -0.332. The molecule has 0 amide bonds. The van der Waals surface area contributed by atoms with Crippen LogP contribution in [-0.4, -0.2) is 31.2 Å². The van der Waals surface area contributed by atoms with Gasteiger partial charge in [-0.05, 0) is 35.7 Å². The van der Waals surface area contributed by atoms with Crippen LogP contribution < -0.4 is 4.90 Å². The SMILES string of the molecule is CCCCCCCCCCCCCCCCOC(=O)c1c(C(c2ccccc2)c2ccc(N(C)C)cc2)c2ccccc2n1C. The number of esters is 1. The van der Waals surface area contributed by atoms with Crippen molar-refractivity contribution in [1.29, 1.82) is 0 Å². The summed E-state index contributed by atoms with van der Waals surface area (Å²) < 4.78 is 8.02. The Morgan fingerprint density at radius 3 is 1.76 bits per heavy atom. The topological polar surface area (TPSA) is 34.5 Å². The number of rotatable bonds is 20. The number of para-hydroxylation sites is 1. The maximum atomic E-state index is 13.9. The van der Waals surface area contributed by atoms with E-state index < -0.39 is 0 Å². The molecule has 4 rings (SSSR count). The average Bonchev–Trinajstić information content (AvgIpc) is 3.35. The Hall–Kier alpha value is -3.53. The summed E-state index contributed by atoms with van der Waals surface area (Å²) >= 11 is 0. The predicted octanol–water partition coefficient (Wildman–Crippen LogP) is 11.1. The molecule has 0 aliphatic heterocycles. The third-order valence-electron chi connectivity index (χ3n) is 9.23. The lowest BCUT2D eigenvalue weighted by atomic mass is 9.83. The van der Waals surface area contributed by atoms with Gasteiger partial charge in [0, 0.05) is 49.2 Å². The van der Waals surface area contributed by atoms with Crippen molar-refractivity contribution in [2.24, 2.45) is 7.05 Å². The minimum absolute atomic E-state index is 0.0999. The van der Waals surface area contributed by atoms with Crippen LogP contribution in [0.15, 0.2) is 78.9 Å². The van der Waals surface area contributed by atoms with E-state index in [-0.39, 0.29) is 11.9 Å². The van der Waals surface area contributed by atoms with Crippen molar-refractivity contribution in [1.82, 2.24) is 4.57 Å². The Balaban J connectivity index is 1.37. The first-order valence-corrected chi connectivity index (χ1v) is 17.6. The molecule has 0 saturated heterocycles. The predicted molar refractivity (Wildman–Crippen MR) is 192 cm³/mol. The number of carbonyl (C=O) groups excluding carboxylic acids is 1. The highest BCUT2D eigenvalue weighted by molar-refractivity contribution is 6.00. The molecule has 0 aliphatic rings. The molecule has 1 heterocycles. The number of aromatic nitrogens is 1. The van der Waals surface area contributed by atoms with Crippen molar-refractivity contribution >= 4 is 22.6 Å². The lowest BCUT2D eigenvalue weighted by Crippen LogP contribution is -2.16. The summed E-state index contributed by atoms with van der Waals surface area (Å²) in [5, 5.41) is 1.09. The van der Waals surface area contributed by atoms with Crippen molar-refractivity contribution in [3.05, 3.63) is 101 Å². The minimum atomic E-state index is -0.232. The zero-order valence-electron chi connectivity index (χ0n) is 28.4. The summed E-state index contributed by atoms with van der Waals surface area (Å²) in [7, 11) is 6.10. The van der Waals surface area contributed by atoms with Crippen LogP contribution in [-0.2, 0) is 11.8 Å². The molecule has 0 radical (unpaired) electrons. The van der Waals surface area contributed by atoms with Gasteiger partial charge in [-0.15, -0.1) is 0 Å². The van der Waals surface area contributed by atoms with E-state index in [0.717, 1.165) is 46.1 Å². The second-order valence-corrected chi connectivity index (χ2v) is 12.9. The molecule has 4 nitrogen and oxygen atoms in total. The molecule has 4 heteroatoms. The number of carbonyl (C=O) groups is 1. The monoisotopic (exact) mass is 608 g/mol. The van der Waals surface area contributed by atoms with E-state index in [0.29, 0.717) is 12.3 Å². The molecule has 0 bridgehead atoms. The van der Waals surface area contributed by atoms with Crippen molar-refractivity contribution in [3.63, 3.8) is 0 Å². The molecular formula is C41H56N2O2. The Morgan fingerprint density at radius 1 is 0.667 bits per heavy atom. The van der Waals surface area contributed by atoms with Crippen LogP contribution >= 0.6 is 0 Å². The van der Waals surface area contributed by atoms with Gasteiger partial charge in [-0.3, -0.25) is 0 Å². The maximum Gasteiger partial charge on any atom is 0.355 e. The van der Waals surface area contributed by atoms with Crippen LogP contribution in [0.5, 0.6) is 0 Å². The number of anilines is 1. The molecule has 0 N–H and O–H groups in total. The number of nitrogens with zero attached hydrogens (tertiary/aromatic N) is 2. The van der Waals surface area contributed by atoms with Gasteiger partial charge < -0.3 is 14.2 Å². The largest absolute Gasteiger partial charge is 0.461 e. The quantitative estimate of drug-likeness (QED) is 0.0739. The van der Waals surface area contributed by atoms with E-state index in [1.165, 1.54) is 77.0 Å². The molecule has 0 saturated carbocycles. The Bertz CT molecular complexity index is 1420. The minimum Gasteiger partial charge on any atom is -0.461 e. The smallest absolute Gasteiger partial charge is 0.355 e. The van der Waals surface area contributed by atoms with Crippen LogP contribution in [0.4, 0.5) is 5.69 Å². The van der Waals surface area contributed by atoms with Crippen LogP contribution in [0.2, 0.25) is 0 Å². The second-order valence-electron chi connectivity index (χ2n) is 12.9. The number of aryl methyl sites for hydroxylation is 1. The van der Waals surface area contributed by atoms with Gasteiger partial charge in [0.1, 0.15) is 5.69 Å². The molecule has 242 valence electrons. The van der Waals surface area contributed by atoms with Crippen LogP contribution in [0.1, 0.15) is 130 Å². The van der Waals surface area contributed by atoms with Gasteiger partial charge in [0.15, 0.2) is 0 Å². The molecule has 0 aliphatic carbocycles. The highest BCUT2D eigenvalue weighted by Gasteiger charge is 2.30. The van der Waals surface area contributed by atoms with Crippen LogP contribution in [0, 0.1) is 0 Å². The molecule has 3 aromatic carbocycles. The standard InChI is InChI=1S/C41H56N2O2/c1-5-6-7-8-9-10-11-12-13-14-15-16-17-23-32-45-41(44)40-39(36-26-21-22-27-37(36)43(40)4)38(33-24-19-18-20-25-33)34-28-30-35(31-29-34)42(2)3/h18-22,24-31,38H,5-17,23,32H2,1-4H3. The maximum absolute atomic E-state index is 13.9. The summed E-state index contributed by atoms with van der Waals surface area (Å²) in [6.45, 7) is 2.74. The van der Waals surface area contributed by atoms with Crippen LogP contribution in [0.25, 0.3) is 10.9 Å². The number of hydrogen-bond donors (Lipinski definition) is 0. The fraction of sp³-hybridized carbons (Fsp3) is 0.488. The molecule has 1 aromatic heterocycles. The molecule has 4 aromatic rings. The molecule has 1 unspecified atom stereocenters. The Kier molecular flexibility index (Phi) is 14.1. The zero-order valence-corrected chi connectivity index (χ0v) is 28.4. The van der Waals surface area contributed by atoms with Crippen LogP contribution in [0.3, 0.4) is 0 Å². The highest BCUT2D eigenvalue weighted by atomic mass is 16.5. The molecule has 0 spiro atoms. The Labute approximate surface area is 272 Å². The van der Waals surface area contributed by atoms with Gasteiger partial charge in [-0.1, -0.05) is 151 Å². The lowest BCUT2D eigenvalue weighted by molar-refractivity contribution is 0.0485. The summed E-state index contributed by atoms with van der Waals surface area (Å²) in [5.41, 5.74) is 6.17. The fourth-order valence-electron chi connectivity index (χ4n) is 6.63. The van der Waals surface area contributed by atoms with Gasteiger partial charge in [-0.2, -0.15) is 0 Å². The zero-order chi connectivity index (χ0) is 31.9. The summed E-state index contributed by atoms with van der Waals surface area (Å²) in [6.07, 6.45) is 18.3. The first kappa shape index (κ1) is 34.3. The van der Waals surface area contributed by atoms with Gasteiger partial charge in [0.2, 0.25) is 0 Å². The van der Waals surface area contributed by atoms with Crippen molar-refractivity contribution in [3.8, 4) is 0 Å². The number of benzene rings is 3. The summed E-state index contributed by atoms with van der Waals surface area (Å²) in [4.78, 5) is 16.0. The molecule has 0 fully saturated rings. The number of ether oxygens (including phenoxy) is 1. The van der Waals surface area contributed by atoms with Crippen molar-refractivity contribution in [2.75, 3.05) is 25.6 Å². The summed E-state index contributed by atoms with van der Waals surface area (Å²) in [6, 6.07) is 27.6.